The van der Waals surface area contributed by atoms with Gasteiger partial charge < -0.3 is 14.8 Å². The molecule has 0 fully saturated rings. The highest BCUT2D eigenvalue weighted by Crippen LogP contribution is 2.31. The lowest BCUT2D eigenvalue weighted by molar-refractivity contribution is 0.187. The Hall–Kier alpha value is -2.30. The van der Waals surface area contributed by atoms with E-state index in [0.717, 1.165) is 37.3 Å². The number of rotatable bonds is 2. The number of carbonyl (C=O) groups is 1. The number of nitrogens with one attached hydrogen (secondary N) is 1. The van der Waals surface area contributed by atoms with Gasteiger partial charge in [-0.2, -0.15) is 0 Å². The van der Waals surface area contributed by atoms with E-state index < -0.39 is 0 Å². The number of amides is 2. The molecular formula is C20H26N4O. The van der Waals surface area contributed by atoms with Gasteiger partial charge in [-0.15, -0.1) is 0 Å². The van der Waals surface area contributed by atoms with E-state index in [1.807, 2.05) is 4.90 Å². The van der Waals surface area contributed by atoms with E-state index in [1.54, 1.807) is 0 Å². The molecular weight excluding hydrogens is 312 g/mol. The quantitative estimate of drug-likeness (QED) is 0.913. The van der Waals surface area contributed by atoms with Crippen molar-refractivity contribution in [3.8, 4) is 0 Å². The Kier molecular flexibility index (Phi) is 4.02. The Balaban J connectivity index is 1.47. The largest absolute Gasteiger partial charge is 0.334 e. The molecule has 1 atom stereocenters. The number of hydrogen-bond acceptors (Lipinski definition) is 2. The lowest BCUT2D eigenvalue weighted by Gasteiger charge is -2.28. The number of urea groups is 1. The van der Waals surface area contributed by atoms with E-state index >= 15 is 0 Å². The lowest BCUT2D eigenvalue weighted by Crippen LogP contribution is -2.44. The summed E-state index contributed by atoms with van der Waals surface area (Å²) in [5.41, 5.74) is 4.96. The molecule has 1 aliphatic carbocycles. The summed E-state index contributed by atoms with van der Waals surface area (Å²) >= 11 is 0. The number of aryl methyl sites for hydroxylation is 1. The van der Waals surface area contributed by atoms with E-state index in [2.05, 4.69) is 55.0 Å². The summed E-state index contributed by atoms with van der Waals surface area (Å²) in [5, 5.41) is 3.23. The monoisotopic (exact) mass is 338 g/mol. The molecule has 1 aliphatic heterocycles. The second-order valence-corrected chi connectivity index (χ2v) is 7.49. The van der Waals surface area contributed by atoms with Gasteiger partial charge in [0.25, 0.3) is 0 Å². The number of benzene rings is 1. The van der Waals surface area contributed by atoms with Crippen LogP contribution in [0.5, 0.6) is 0 Å². The third-order valence-electron chi connectivity index (χ3n) is 5.52. The summed E-state index contributed by atoms with van der Waals surface area (Å²) in [7, 11) is 2.09. The minimum atomic E-state index is 0.0316. The van der Waals surface area contributed by atoms with Crippen molar-refractivity contribution >= 4 is 6.03 Å². The second-order valence-electron chi connectivity index (χ2n) is 7.49. The smallest absolute Gasteiger partial charge is 0.318 e. The summed E-state index contributed by atoms with van der Waals surface area (Å²) in [6, 6.07) is 8.59. The average molecular weight is 338 g/mol. The molecule has 25 heavy (non-hydrogen) atoms. The van der Waals surface area contributed by atoms with Crippen LogP contribution in [0.4, 0.5) is 4.79 Å². The average Bonchev–Trinajstić information content (AvgIpc) is 3.16. The Bertz CT molecular complexity index is 808. The summed E-state index contributed by atoms with van der Waals surface area (Å²) in [6.45, 7) is 5.69. The molecule has 2 aromatic rings. The number of fused-ring (bicyclic) bond motifs is 2. The molecule has 1 unspecified atom stereocenters. The van der Waals surface area contributed by atoms with Crippen LogP contribution < -0.4 is 5.32 Å². The number of carbonyl (C=O) groups excluding carboxylic acids is 1. The van der Waals surface area contributed by atoms with Crippen LogP contribution in [0.1, 0.15) is 60.6 Å². The zero-order valence-electron chi connectivity index (χ0n) is 15.2. The molecule has 1 aromatic heterocycles. The van der Waals surface area contributed by atoms with Crippen molar-refractivity contribution in [3.05, 3.63) is 52.6 Å². The number of hydrogen-bond donors (Lipinski definition) is 1. The van der Waals surface area contributed by atoms with Crippen LogP contribution in [0, 0.1) is 0 Å². The van der Waals surface area contributed by atoms with Crippen LogP contribution in [0.3, 0.4) is 0 Å². The molecule has 0 spiro atoms. The molecule has 0 bridgehead atoms. The predicted molar refractivity (Wildman–Crippen MR) is 97.4 cm³/mol. The molecule has 2 aliphatic rings. The Morgan fingerprint density at radius 2 is 2.08 bits per heavy atom. The van der Waals surface area contributed by atoms with Gasteiger partial charge in [-0.1, -0.05) is 38.1 Å². The van der Waals surface area contributed by atoms with Gasteiger partial charge in [0.15, 0.2) is 0 Å². The molecule has 0 radical (unpaired) electrons. The topological polar surface area (TPSA) is 50.2 Å². The summed E-state index contributed by atoms with van der Waals surface area (Å²) in [4.78, 5) is 19.5. The van der Waals surface area contributed by atoms with E-state index in [0.29, 0.717) is 12.5 Å². The van der Waals surface area contributed by atoms with Gasteiger partial charge >= 0.3 is 6.03 Å². The third kappa shape index (κ3) is 2.81. The molecule has 2 heterocycles. The van der Waals surface area contributed by atoms with E-state index in [4.69, 9.17) is 4.98 Å². The maximum Gasteiger partial charge on any atom is 0.318 e. The fourth-order valence-electron chi connectivity index (χ4n) is 4.19. The summed E-state index contributed by atoms with van der Waals surface area (Å²) < 4.78 is 2.21. The molecule has 0 saturated carbocycles. The van der Waals surface area contributed by atoms with Crippen molar-refractivity contribution < 1.29 is 4.79 Å². The summed E-state index contributed by atoms with van der Waals surface area (Å²) in [6.07, 6.45) is 2.91. The molecule has 132 valence electrons. The van der Waals surface area contributed by atoms with Gasteiger partial charge in [0.05, 0.1) is 18.3 Å². The zero-order valence-corrected chi connectivity index (χ0v) is 15.2. The zero-order chi connectivity index (χ0) is 17.6. The lowest BCUT2D eigenvalue weighted by atomic mass is 10.1. The number of aromatic nitrogens is 2. The van der Waals surface area contributed by atoms with Crippen LogP contribution in [0.2, 0.25) is 0 Å². The number of imidazole rings is 1. The minimum absolute atomic E-state index is 0.0316. The molecule has 5 nitrogen and oxygen atoms in total. The predicted octanol–water partition coefficient (Wildman–Crippen LogP) is 3.30. The molecule has 0 saturated heterocycles. The normalized spacial score (nSPS) is 19.0. The highest BCUT2D eigenvalue weighted by molar-refractivity contribution is 5.75. The van der Waals surface area contributed by atoms with Crippen LogP contribution >= 0.6 is 0 Å². The van der Waals surface area contributed by atoms with Crippen molar-refractivity contribution in [1.82, 2.24) is 19.8 Å². The Morgan fingerprint density at radius 3 is 2.88 bits per heavy atom. The van der Waals surface area contributed by atoms with E-state index in [9.17, 15) is 4.79 Å². The van der Waals surface area contributed by atoms with Gasteiger partial charge in [0.2, 0.25) is 0 Å². The molecule has 4 rings (SSSR count). The van der Waals surface area contributed by atoms with Gasteiger partial charge in [-0.25, -0.2) is 9.78 Å². The van der Waals surface area contributed by atoms with E-state index in [1.165, 1.54) is 16.8 Å². The van der Waals surface area contributed by atoms with Crippen molar-refractivity contribution in [2.45, 2.75) is 51.6 Å². The maximum absolute atomic E-state index is 12.8. The van der Waals surface area contributed by atoms with E-state index in [-0.39, 0.29) is 12.1 Å². The van der Waals surface area contributed by atoms with Crippen LogP contribution in [-0.4, -0.2) is 27.0 Å². The Labute approximate surface area is 149 Å². The van der Waals surface area contributed by atoms with Crippen molar-refractivity contribution in [1.29, 1.82) is 0 Å². The minimum Gasteiger partial charge on any atom is -0.334 e. The molecule has 1 N–H and O–H groups in total. The van der Waals surface area contributed by atoms with Crippen LogP contribution in [-0.2, 0) is 26.4 Å². The highest BCUT2D eigenvalue weighted by Gasteiger charge is 2.29. The van der Waals surface area contributed by atoms with Crippen molar-refractivity contribution in [2.24, 2.45) is 7.05 Å². The SMILES string of the molecule is CC(C)c1nc2c(n1C)CCN(C(=O)NC1CCc3ccccc31)C2. The second kappa shape index (κ2) is 6.21. The molecule has 1 aromatic carbocycles. The van der Waals surface area contributed by atoms with Gasteiger partial charge in [-0.3, -0.25) is 0 Å². The van der Waals surface area contributed by atoms with Crippen LogP contribution in [0.15, 0.2) is 24.3 Å². The first-order valence-corrected chi connectivity index (χ1v) is 9.22. The first-order chi connectivity index (χ1) is 12.0. The van der Waals surface area contributed by atoms with Gasteiger partial charge in [-0.05, 0) is 24.0 Å². The first kappa shape index (κ1) is 16.2. The fraction of sp³-hybridized carbons (Fsp3) is 0.500. The van der Waals surface area contributed by atoms with Crippen molar-refractivity contribution in [2.75, 3.05) is 6.54 Å². The fourth-order valence-corrected chi connectivity index (χ4v) is 4.19. The third-order valence-corrected chi connectivity index (χ3v) is 5.52. The van der Waals surface area contributed by atoms with Gasteiger partial charge in [0.1, 0.15) is 5.82 Å². The van der Waals surface area contributed by atoms with Crippen LogP contribution in [0.25, 0.3) is 0 Å². The first-order valence-electron chi connectivity index (χ1n) is 9.22. The standard InChI is InChI=1S/C20H26N4O/c1-13(2)19-21-17-12-24(11-10-18(17)23(19)3)20(25)22-16-9-8-14-6-4-5-7-15(14)16/h4-7,13,16H,8-12H2,1-3H3,(H,22,25). The van der Waals surface area contributed by atoms with Gasteiger partial charge in [0, 0.05) is 31.6 Å². The Morgan fingerprint density at radius 1 is 1.28 bits per heavy atom. The maximum atomic E-state index is 12.8. The number of nitrogens with zero attached hydrogens (tertiary/aromatic N) is 3. The summed E-state index contributed by atoms with van der Waals surface area (Å²) in [5.74, 6) is 1.50. The molecule has 2 amide bonds. The van der Waals surface area contributed by atoms with Crippen molar-refractivity contribution in [3.63, 3.8) is 0 Å². The highest BCUT2D eigenvalue weighted by atomic mass is 16.2. The molecule has 5 heteroatoms.